The van der Waals surface area contributed by atoms with Crippen LogP contribution >= 0.6 is 11.6 Å². The van der Waals surface area contributed by atoms with E-state index in [2.05, 4.69) is 30.9 Å². The quantitative estimate of drug-likeness (QED) is 0.522. The second kappa shape index (κ2) is 8.01. The van der Waals surface area contributed by atoms with Gasteiger partial charge in [0.05, 0.1) is 10.7 Å². The maximum Gasteiger partial charge on any atom is 0.298 e. The molecule has 2 N–H and O–H groups in total. The highest BCUT2D eigenvalue weighted by Gasteiger charge is 2.09. The molecule has 0 unspecified atom stereocenters. The number of tetrazole rings is 1. The SMILES string of the molecule is O=c1c(Nc2ccccc2Cl)nccn1-c1ccc(CCc2nn[nH]n2)cc1. The molecule has 0 saturated carbocycles. The molecular weight excluding hydrogens is 378 g/mol. The first-order chi connectivity index (χ1) is 13.7. The number of aryl methyl sites for hydroxylation is 2. The van der Waals surface area contributed by atoms with Crippen LogP contribution in [0.1, 0.15) is 11.4 Å². The number of nitrogens with one attached hydrogen (secondary N) is 2. The van der Waals surface area contributed by atoms with Gasteiger partial charge in [-0.05, 0) is 36.2 Å². The monoisotopic (exact) mass is 393 g/mol. The topological polar surface area (TPSA) is 101 Å². The number of rotatable bonds is 6. The number of anilines is 2. The number of benzene rings is 2. The molecule has 0 fully saturated rings. The molecule has 28 heavy (non-hydrogen) atoms. The average Bonchev–Trinajstić information content (AvgIpc) is 3.24. The molecule has 0 aliphatic rings. The Labute approximate surface area is 165 Å². The normalized spacial score (nSPS) is 10.8. The number of H-pyrrole nitrogens is 1. The maximum atomic E-state index is 12.8. The third-order valence-corrected chi connectivity index (χ3v) is 4.54. The molecule has 8 nitrogen and oxygen atoms in total. The van der Waals surface area contributed by atoms with Crippen molar-refractivity contribution in [2.75, 3.05) is 5.32 Å². The number of halogens is 1. The van der Waals surface area contributed by atoms with Crippen LogP contribution < -0.4 is 10.9 Å². The van der Waals surface area contributed by atoms with Crippen LogP contribution in [0.3, 0.4) is 0 Å². The van der Waals surface area contributed by atoms with Gasteiger partial charge in [-0.2, -0.15) is 5.21 Å². The minimum Gasteiger partial charge on any atom is -0.334 e. The minimum atomic E-state index is -0.262. The Morgan fingerprint density at radius 3 is 2.64 bits per heavy atom. The molecule has 0 aliphatic carbocycles. The summed E-state index contributed by atoms with van der Waals surface area (Å²) in [6.07, 6.45) is 4.68. The number of aromatic amines is 1. The van der Waals surface area contributed by atoms with Crippen molar-refractivity contribution in [3.05, 3.63) is 87.7 Å². The van der Waals surface area contributed by atoms with Crippen LogP contribution in [-0.4, -0.2) is 30.2 Å². The molecule has 9 heteroatoms. The van der Waals surface area contributed by atoms with Gasteiger partial charge >= 0.3 is 0 Å². The van der Waals surface area contributed by atoms with Crippen molar-refractivity contribution in [2.45, 2.75) is 12.8 Å². The lowest BCUT2D eigenvalue weighted by atomic mass is 10.1. The first kappa shape index (κ1) is 17.9. The molecule has 0 saturated heterocycles. The first-order valence-electron chi connectivity index (χ1n) is 8.61. The predicted molar refractivity (Wildman–Crippen MR) is 106 cm³/mol. The molecule has 0 amide bonds. The molecule has 2 aromatic carbocycles. The van der Waals surface area contributed by atoms with E-state index in [4.69, 9.17) is 11.6 Å². The summed E-state index contributed by atoms with van der Waals surface area (Å²) in [5, 5.41) is 17.4. The van der Waals surface area contributed by atoms with Gasteiger partial charge in [-0.25, -0.2) is 4.98 Å². The van der Waals surface area contributed by atoms with Gasteiger partial charge in [0, 0.05) is 24.5 Å². The van der Waals surface area contributed by atoms with E-state index < -0.39 is 0 Å². The van der Waals surface area contributed by atoms with E-state index in [1.54, 1.807) is 24.5 Å². The van der Waals surface area contributed by atoms with Crippen LogP contribution in [-0.2, 0) is 12.8 Å². The molecule has 2 heterocycles. The van der Waals surface area contributed by atoms with Crippen LogP contribution in [0.2, 0.25) is 5.02 Å². The number of aromatic nitrogens is 6. The minimum absolute atomic E-state index is 0.205. The zero-order valence-electron chi connectivity index (χ0n) is 14.7. The highest BCUT2D eigenvalue weighted by atomic mass is 35.5. The highest BCUT2D eigenvalue weighted by Crippen LogP contribution is 2.22. The van der Waals surface area contributed by atoms with E-state index in [9.17, 15) is 4.79 Å². The molecule has 2 aromatic heterocycles. The van der Waals surface area contributed by atoms with E-state index in [-0.39, 0.29) is 11.4 Å². The van der Waals surface area contributed by atoms with Crippen molar-refractivity contribution in [2.24, 2.45) is 0 Å². The second-order valence-corrected chi connectivity index (χ2v) is 6.46. The lowest BCUT2D eigenvalue weighted by Crippen LogP contribution is -2.21. The van der Waals surface area contributed by atoms with Gasteiger partial charge in [0.15, 0.2) is 11.6 Å². The fourth-order valence-electron chi connectivity index (χ4n) is 2.76. The number of para-hydroxylation sites is 1. The Morgan fingerprint density at radius 1 is 1.07 bits per heavy atom. The Hall–Kier alpha value is -3.52. The smallest absolute Gasteiger partial charge is 0.298 e. The van der Waals surface area contributed by atoms with E-state index in [1.165, 1.54) is 4.57 Å². The van der Waals surface area contributed by atoms with E-state index in [0.717, 1.165) is 17.7 Å². The Morgan fingerprint density at radius 2 is 1.89 bits per heavy atom. The zero-order chi connectivity index (χ0) is 19.3. The first-order valence-corrected chi connectivity index (χ1v) is 8.99. The van der Waals surface area contributed by atoms with E-state index in [1.807, 2.05) is 36.4 Å². The lowest BCUT2D eigenvalue weighted by Gasteiger charge is -2.10. The Balaban J connectivity index is 1.54. The van der Waals surface area contributed by atoms with E-state index in [0.29, 0.717) is 23.0 Å². The van der Waals surface area contributed by atoms with Gasteiger partial charge in [0.1, 0.15) is 0 Å². The van der Waals surface area contributed by atoms with Crippen molar-refractivity contribution in [3.63, 3.8) is 0 Å². The van der Waals surface area contributed by atoms with Gasteiger partial charge in [-0.3, -0.25) is 9.36 Å². The van der Waals surface area contributed by atoms with Gasteiger partial charge < -0.3 is 5.32 Å². The molecule has 0 bridgehead atoms. The van der Waals surface area contributed by atoms with Gasteiger partial charge in [-0.1, -0.05) is 41.1 Å². The van der Waals surface area contributed by atoms with Crippen LogP contribution in [0.4, 0.5) is 11.5 Å². The van der Waals surface area contributed by atoms with Crippen molar-refractivity contribution < 1.29 is 0 Å². The summed E-state index contributed by atoms with van der Waals surface area (Å²) >= 11 is 6.15. The van der Waals surface area contributed by atoms with Crippen molar-refractivity contribution in [1.82, 2.24) is 30.2 Å². The Bertz CT molecular complexity index is 1120. The summed E-state index contributed by atoms with van der Waals surface area (Å²) in [5.41, 5.74) is 2.23. The number of hydrogen-bond donors (Lipinski definition) is 2. The highest BCUT2D eigenvalue weighted by molar-refractivity contribution is 6.33. The summed E-state index contributed by atoms with van der Waals surface area (Å²) in [5.74, 6) is 0.876. The summed E-state index contributed by atoms with van der Waals surface area (Å²) in [6.45, 7) is 0. The maximum absolute atomic E-state index is 12.8. The molecule has 4 rings (SSSR count). The van der Waals surface area contributed by atoms with Crippen LogP contribution in [0.15, 0.2) is 65.7 Å². The fraction of sp³-hybridized carbons (Fsp3) is 0.105. The third-order valence-electron chi connectivity index (χ3n) is 4.21. The third kappa shape index (κ3) is 3.91. The van der Waals surface area contributed by atoms with Gasteiger partial charge in [0.2, 0.25) is 0 Å². The molecule has 4 aromatic rings. The predicted octanol–water partition coefficient (Wildman–Crippen LogP) is 2.93. The summed E-state index contributed by atoms with van der Waals surface area (Å²) in [6, 6.07) is 14.9. The fourth-order valence-corrected chi connectivity index (χ4v) is 2.94. The number of hydrogen-bond acceptors (Lipinski definition) is 6. The van der Waals surface area contributed by atoms with Crippen molar-refractivity contribution in [3.8, 4) is 5.69 Å². The van der Waals surface area contributed by atoms with Crippen LogP contribution in [0.25, 0.3) is 5.69 Å². The lowest BCUT2D eigenvalue weighted by molar-refractivity contribution is 0.863. The zero-order valence-corrected chi connectivity index (χ0v) is 15.5. The van der Waals surface area contributed by atoms with Crippen LogP contribution in [0.5, 0.6) is 0 Å². The Kier molecular flexibility index (Phi) is 5.11. The molecule has 0 radical (unpaired) electrons. The largest absolute Gasteiger partial charge is 0.334 e. The standard InChI is InChI=1S/C19H16ClN7O/c20-15-3-1-2-4-16(15)22-18-19(28)27(12-11-21-18)14-8-5-13(6-9-14)7-10-17-23-25-26-24-17/h1-6,8-9,11-12H,7,10H2,(H,21,22)(H,23,24,25,26). The molecule has 0 aliphatic heterocycles. The van der Waals surface area contributed by atoms with E-state index >= 15 is 0 Å². The van der Waals surface area contributed by atoms with Crippen LogP contribution in [0, 0.1) is 0 Å². The molecule has 140 valence electrons. The molecular formula is C19H16ClN7O. The molecule has 0 spiro atoms. The number of nitrogens with zero attached hydrogens (tertiary/aromatic N) is 5. The molecule has 0 atom stereocenters. The summed E-state index contributed by atoms with van der Waals surface area (Å²) in [4.78, 5) is 17.0. The van der Waals surface area contributed by atoms with Crippen molar-refractivity contribution >= 4 is 23.1 Å². The second-order valence-electron chi connectivity index (χ2n) is 6.05. The summed E-state index contributed by atoms with van der Waals surface area (Å²) < 4.78 is 1.54. The van der Waals surface area contributed by atoms with Gasteiger partial charge in [0.25, 0.3) is 5.56 Å². The van der Waals surface area contributed by atoms with Crippen molar-refractivity contribution in [1.29, 1.82) is 0 Å². The van der Waals surface area contributed by atoms with Gasteiger partial charge in [-0.15, -0.1) is 10.2 Å². The summed E-state index contributed by atoms with van der Waals surface area (Å²) in [7, 11) is 0. The average molecular weight is 394 g/mol.